The van der Waals surface area contributed by atoms with Crippen molar-refractivity contribution in [3.05, 3.63) is 63.7 Å². The van der Waals surface area contributed by atoms with Gasteiger partial charge in [-0.15, -0.1) is 5.10 Å². The molecule has 1 amide bonds. The zero-order chi connectivity index (χ0) is 25.2. The summed E-state index contributed by atoms with van der Waals surface area (Å²) in [4.78, 5) is 30.5. The lowest BCUT2D eigenvalue weighted by Crippen LogP contribution is -2.28. The maximum absolute atomic E-state index is 15.5. The van der Waals surface area contributed by atoms with Crippen LogP contribution >= 0.6 is 0 Å². The quantitative estimate of drug-likeness (QED) is 0.532. The van der Waals surface area contributed by atoms with Gasteiger partial charge >= 0.3 is 5.69 Å². The van der Waals surface area contributed by atoms with Gasteiger partial charge in [0.25, 0.3) is 5.91 Å². The first kappa shape index (κ1) is 24.2. The number of ether oxygens (including phenoxy) is 1. The molecule has 2 aliphatic rings. The summed E-state index contributed by atoms with van der Waals surface area (Å²) in [5, 5.41) is 7.18. The molecule has 190 valence electrons. The SMILES string of the molecule is Cc1cccnc1NC(=O)c1cc(F)c(-n2nc3n(c2=O)CCCC3)cc1OC(C)C1CCCCC1. The minimum atomic E-state index is -0.715. The van der Waals surface area contributed by atoms with Gasteiger partial charge in [-0.2, -0.15) is 4.68 Å². The van der Waals surface area contributed by atoms with E-state index in [1.54, 1.807) is 16.8 Å². The lowest BCUT2D eigenvalue weighted by atomic mass is 9.86. The van der Waals surface area contributed by atoms with Gasteiger partial charge in [-0.05, 0) is 63.1 Å². The second-order valence-corrected chi connectivity index (χ2v) is 9.86. The van der Waals surface area contributed by atoms with E-state index >= 15 is 4.39 Å². The van der Waals surface area contributed by atoms with Crippen molar-refractivity contribution in [1.29, 1.82) is 0 Å². The average molecular weight is 494 g/mol. The Morgan fingerprint density at radius 3 is 2.75 bits per heavy atom. The van der Waals surface area contributed by atoms with Crippen molar-refractivity contribution in [2.45, 2.75) is 77.9 Å². The summed E-state index contributed by atoms with van der Waals surface area (Å²) in [5.41, 5.74) is 0.451. The Labute approximate surface area is 209 Å². The zero-order valence-corrected chi connectivity index (χ0v) is 20.8. The van der Waals surface area contributed by atoms with Crippen LogP contribution in [-0.4, -0.2) is 31.3 Å². The van der Waals surface area contributed by atoms with Crippen molar-refractivity contribution in [2.24, 2.45) is 5.92 Å². The third-order valence-corrected chi connectivity index (χ3v) is 7.36. The first-order valence-electron chi connectivity index (χ1n) is 12.8. The summed E-state index contributed by atoms with van der Waals surface area (Å²) in [6.07, 6.45) is 9.54. The van der Waals surface area contributed by atoms with E-state index in [1.165, 1.54) is 12.5 Å². The van der Waals surface area contributed by atoms with E-state index in [-0.39, 0.29) is 28.8 Å². The molecule has 1 saturated carbocycles. The van der Waals surface area contributed by atoms with Crippen molar-refractivity contribution in [3.63, 3.8) is 0 Å². The van der Waals surface area contributed by atoms with Crippen LogP contribution < -0.4 is 15.7 Å². The second kappa shape index (κ2) is 10.2. The molecule has 36 heavy (non-hydrogen) atoms. The van der Waals surface area contributed by atoms with Crippen LogP contribution in [0.3, 0.4) is 0 Å². The molecule has 2 aromatic heterocycles. The molecule has 3 heterocycles. The predicted molar refractivity (Wildman–Crippen MR) is 134 cm³/mol. The average Bonchev–Trinajstić information content (AvgIpc) is 3.23. The number of nitrogens with one attached hydrogen (secondary N) is 1. The number of nitrogens with zero attached hydrogens (tertiary/aromatic N) is 4. The smallest absolute Gasteiger partial charge is 0.350 e. The molecule has 1 aromatic carbocycles. The molecule has 3 aromatic rings. The topological polar surface area (TPSA) is 91.0 Å². The maximum atomic E-state index is 15.5. The molecule has 1 aliphatic carbocycles. The van der Waals surface area contributed by atoms with Gasteiger partial charge in [-0.3, -0.25) is 9.36 Å². The van der Waals surface area contributed by atoms with E-state index in [1.807, 2.05) is 19.9 Å². The fraction of sp³-hybridized carbons (Fsp3) is 0.481. The highest BCUT2D eigenvalue weighted by atomic mass is 19.1. The molecule has 1 N–H and O–H groups in total. The van der Waals surface area contributed by atoms with Crippen LogP contribution in [0.5, 0.6) is 5.75 Å². The molecule has 1 atom stereocenters. The first-order valence-corrected chi connectivity index (χ1v) is 12.8. The molecule has 0 bridgehead atoms. The molecule has 1 fully saturated rings. The number of anilines is 1. The van der Waals surface area contributed by atoms with Crippen LogP contribution in [0.15, 0.2) is 35.3 Å². The minimum Gasteiger partial charge on any atom is -0.490 e. The molecule has 0 radical (unpaired) electrons. The van der Waals surface area contributed by atoms with Gasteiger partial charge in [-0.25, -0.2) is 14.2 Å². The van der Waals surface area contributed by atoms with E-state index in [0.717, 1.165) is 54.8 Å². The summed E-state index contributed by atoms with van der Waals surface area (Å²) < 4.78 is 24.5. The molecule has 1 aliphatic heterocycles. The number of halogens is 1. The van der Waals surface area contributed by atoms with Crippen molar-refractivity contribution in [2.75, 3.05) is 5.32 Å². The third-order valence-electron chi connectivity index (χ3n) is 7.36. The largest absolute Gasteiger partial charge is 0.490 e. The van der Waals surface area contributed by atoms with Crippen LogP contribution in [0.1, 0.15) is 73.6 Å². The second-order valence-electron chi connectivity index (χ2n) is 9.86. The van der Waals surface area contributed by atoms with E-state index in [2.05, 4.69) is 15.4 Å². The van der Waals surface area contributed by atoms with Crippen LogP contribution in [0, 0.1) is 18.7 Å². The number of aromatic nitrogens is 4. The number of pyridine rings is 1. The Bertz CT molecular complexity index is 1330. The molecule has 9 heteroatoms. The molecule has 0 spiro atoms. The summed E-state index contributed by atoms with van der Waals surface area (Å²) in [6.45, 7) is 4.40. The van der Waals surface area contributed by atoms with Gasteiger partial charge in [0.2, 0.25) is 0 Å². The number of hydrogen-bond donors (Lipinski definition) is 1. The van der Waals surface area contributed by atoms with E-state index in [4.69, 9.17) is 4.74 Å². The molecule has 1 unspecified atom stereocenters. The monoisotopic (exact) mass is 493 g/mol. The van der Waals surface area contributed by atoms with Gasteiger partial charge in [0.05, 0.1) is 11.7 Å². The zero-order valence-electron chi connectivity index (χ0n) is 20.8. The number of carbonyl (C=O) groups excluding carboxylic acids is 1. The predicted octanol–water partition coefficient (Wildman–Crippen LogP) is 4.81. The summed E-state index contributed by atoms with van der Waals surface area (Å²) >= 11 is 0. The number of rotatable bonds is 6. The van der Waals surface area contributed by atoms with Gasteiger partial charge in [-0.1, -0.05) is 25.3 Å². The van der Waals surface area contributed by atoms with Crippen molar-refractivity contribution in [3.8, 4) is 11.4 Å². The van der Waals surface area contributed by atoms with E-state index in [9.17, 15) is 9.59 Å². The summed E-state index contributed by atoms with van der Waals surface area (Å²) in [6, 6.07) is 6.19. The highest BCUT2D eigenvalue weighted by molar-refractivity contribution is 6.06. The van der Waals surface area contributed by atoms with Gasteiger partial charge in [0.15, 0.2) is 0 Å². The Morgan fingerprint density at radius 2 is 2.00 bits per heavy atom. The van der Waals surface area contributed by atoms with Crippen molar-refractivity contribution in [1.82, 2.24) is 19.3 Å². The highest BCUT2D eigenvalue weighted by Gasteiger charge is 2.27. The fourth-order valence-electron chi connectivity index (χ4n) is 5.23. The number of fused-ring (bicyclic) bond motifs is 1. The molecular weight excluding hydrogens is 461 g/mol. The summed E-state index contributed by atoms with van der Waals surface area (Å²) in [7, 11) is 0. The molecule has 8 nitrogen and oxygen atoms in total. The van der Waals surface area contributed by atoms with Crippen molar-refractivity contribution < 1.29 is 13.9 Å². The van der Waals surface area contributed by atoms with Crippen LogP contribution in [-0.2, 0) is 13.0 Å². The Morgan fingerprint density at radius 1 is 1.19 bits per heavy atom. The van der Waals surface area contributed by atoms with Gasteiger partial charge < -0.3 is 10.1 Å². The number of aryl methyl sites for hydroxylation is 2. The fourth-order valence-corrected chi connectivity index (χ4v) is 5.23. The van der Waals surface area contributed by atoms with E-state index < -0.39 is 11.7 Å². The molecular formula is C27H32FN5O3. The first-order chi connectivity index (χ1) is 17.4. The Hall–Kier alpha value is -3.49. The lowest BCUT2D eigenvalue weighted by molar-refractivity contribution is 0.0996. The lowest BCUT2D eigenvalue weighted by Gasteiger charge is -2.29. The number of hydrogen-bond acceptors (Lipinski definition) is 5. The summed E-state index contributed by atoms with van der Waals surface area (Å²) in [5.74, 6) is 0.391. The third kappa shape index (κ3) is 4.79. The standard InChI is InChI=1S/C27H32FN5O3/c1-17-9-8-13-29-25(17)30-26(34)20-15-21(28)22(33-27(35)32-14-7-6-12-24(32)31-33)16-23(20)36-18(2)19-10-4-3-5-11-19/h8-9,13,15-16,18-19H,3-7,10-12,14H2,1-2H3,(H,29,30,34). The van der Waals surface area contributed by atoms with Crippen LogP contribution in [0.25, 0.3) is 5.69 Å². The highest BCUT2D eigenvalue weighted by Crippen LogP contribution is 2.32. The number of amides is 1. The normalized spacial score (nSPS) is 16.9. The molecule has 0 saturated heterocycles. The number of benzene rings is 1. The van der Waals surface area contributed by atoms with Crippen LogP contribution in [0.4, 0.5) is 10.2 Å². The number of carbonyl (C=O) groups is 1. The van der Waals surface area contributed by atoms with Gasteiger partial charge in [0, 0.05) is 25.2 Å². The minimum absolute atomic E-state index is 0.0155. The van der Waals surface area contributed by atoms with Crippen LogP contribution in [0.2, 0.25) is 0 Å². The van der Waals surface area contributed by atoms with Gasteiger partial charge in [0.1, 0.15) is 28.9 Å². The van der Waals surface area contributed by atoms with E-state index in [0.29, 0.717) is 30.5 Å². The Kier molecular flexibility index (Phi) is 6.89. The molecule has 5 rings (SSSR count). The Balaban J connectivity index is 1.54. The maximum Gasteiger partial charge on any atom is 0.350 e. The van der Waals surface area contributed by atoms with Crippen molar-refractivity contribution >= 4 is 11.7 Å².